The molecule has 100 valence electrons. The van der Waals surface area contributed by atoms with E-state index in [4.69, 9.17) is 5.73 Å². The molecule has 2 N–H and O–H groups in total. The fraction of sp³-hybridized carbons (Fsp3) is 0.600. The first-order valence-corrected chi connectivity index (χ1v) is 7.47. The van der Waals surface area contributed by atoms with E-state index >= 15 is 0 Å². The SMILES string of the molecule is Cc1cc(F)c(Br)c(C2(CN)CCCCC2)c1C. The zero-order valence-electron chi connectivity index (χ0n) is 11.2. The largest absolute Gasteiger partial charge is 0.330 e. The molecule has 1 aliphatic rings. The molecule has 1 aromatic carbocycles. The Labute approximate surface area is 117 Å². The topological polar surface area (TPSA) is 26.0 Å². The molecule has 1 aliphatic carbocycles. The Bertz CT molecular complexity index is 424. The first-order valence-electron chi connectivity index (χ1n) is 6.67. The summed E-state index contributed by atoms with van der Waals surface area (Å²) < 4.78 is 14.6. The van der Waals surface area contributed by atoms with Gasteiger partial charge in [0.25, 0.3) is 0 Å². The van der Waals surface area contributed by atoms with Crippen LogP contribution in [0.15, 0.2) is 10.5 Å². The zero-order chi connectivity index (χ0) is 13.3. The molecular weight excluding hydrogens is 293 g/mol. The molecule has 0 unspecified atom stereocenters. The number of hydrogen-bond acceptors (Lipinski definition) is 1. The van der Waals surface area contributed by atoms with Crippen LogP contribution in [-0.2, 0) is 5.41 Å². The molecule has 0 amide bonds. The maximum atomic E-state index is 14.0. The fourth-order valence-electron chi connectivity index (χ4n) is 3.26. The third-order valence-electron chi connectivity index (χ3n) is 4.47. The van der Waals surface area contributed by atoms with Gasteiger partial charge in [0, 0.05) is 12.0 Å². The molecule has 0 aliphatic heterocycles. The van der Waals surface area contributed by atoms with Gasteiger partial charge in [-0.3, -0.25) is 0 Å². The van der Waals surface area contributed by atoms with Crippen LogP contribution in [0.4, 0.5) is 4.39 Å². The summed E-state index contributed by atoms with van der Waals surface area (Å²) >= 11 is 3.45. The van der Waals surface area contributed by atoms with Gasteiger partial charge in [-0.05, 0) is 65.4 Å². The van der Waals surface area contributed by atoms with Crippen LogP contribution in [0.5, 0.6) is 0 Å². The number of rotatable bonds is 2. The van der Waals surface area contributed by atoms with Crippen molar-refractivity contribution in [2.24, 2.45) is 5.73 Å². The third-order valence-corrected chi connectivity index (χ3v) is 5.25. The summed E-state index contributed by atoms with van der Waals surface area (Å²) in [6.45, 7) is 4.66. The van der Waals surface area contributed by atoms with Crippen molar-refractivity contribution >= 4 is 15.9 Å². The standard InChI is InChI=1S/C15H21BrFN/c1-10-8-12(17)14(16)13(11(10)2)15(9-18)6-4-3-5-7-15/h8H,3-7,9,18H2,1-2H3. The zero-order valence-corrected chi connectivity index (χ0v) is 12.7. The Hall–Kier alpha value is -0.410. The normalized spacial score (nSPS) is 18.9. The lowest BCUT2D eigenvalue weighted by atomic mass is 9.68. The molecule has 2 rings (SSSR count). The van der Waals surface area contributed by atoms with E-state index in [-0.39, 0.29) is 11.2 Å². The predicted octanol–water partition coefficient (Wildman–Crippen LogP) is 4.37. The lowest BCUT2D eigenvalue weighted by Crippen LogP contribution is -2.38. The van der Waals surface area contributed by atoms with E-state index in [9.17, 15) is 4.39 Å². The van der Waals surface area contributed by atoms with Gasteiger partial charge < -0.3 is 5.73 Å². The molecule has 0 heterocycles. The fourth-order valence-corrected chi connectivity index (χ4v) is 4.09. The molecule has 0 bridgehead atoms. The predicted molar refractivity (Wildman–Crippen MR) is 77.4 cm³/mol. The first-order chi connectivity index (χ1) is 8.52. The highest BCUT2D eigenvalue weighted by Gasteiger charge is 2.36. The average molecular weight is 314 g/mol. The molecule has 1 nitrogen and oxygen atoms in total. The Morgan fingerprint density at radius 2 is 1.89 bits per heavy atom. The van der Waals surface area contributed by atoms with Crippen LogP contribution in [-0.4, -0.2) is 6.54 Å². The van der Waals surface area contributed by atoms with Gasteiger partial charge in [0.05, 0.1) is 4.47 Å². The molecule has 1 saturated carbocycles. The number of aryl methyl sites for hydroxylation is 1. The number of hydrogen-bond donors (Lipinski definition) is 1. The Kier molecular flexibility index (Phi) is 4.12. The lowest BCUT2D eigenvalue weighted by Gasteiger charge is -2.39. The van der Waals surface area contributed by atoms with E-state index in [1.54, 1.807) is 6.07 Å². The van der Waals surface area contributed by atoms with E-state index in [0.717, 1.165) is 24.0 Å². The van der Waals surface area contributed by atoms with Crippen molar-refractivity contribution in [2.45, 2.75) is 51.4 Å². The van der Waals surface area contributed by atoms with E-state index in [1.165, 1.54) is 24.8 Å². The minimum Gasteiger partial charge on any atom is -0.330 e. The second-order valence-electron chi connectivity index (χ2n) is 5.53. The average Bonchev–Trinajstić information content (AvgIpc) is 2.38. The Balaban J connectivity index is 2.61. The van der Waals surface area contributed by atoms with Crippen molar-refractivity contribution in [3.8, 4) is 0 Å². The second kappa shape index (κ2) is 5.30. The summed E-state index contributed by atoms with van der Waals surface area (Å²) in [4.78, 5) is 0. The van der Waals surface area contributed by atoms with Gasteiger partial charge >= 0.3 is 0 Å². The summed E-state index contributed by atoms with van der Waals surface area (Å²) in [5, 5.41) is 0. The molecular formula is C15H21BrFN. The summed E-state index contributed by atoms with van der Waals surface area (Å²) in [5.74, 6) is -0.161. The monoisotopic (exact) mass is 313 g/mol. The van der Waals surface area contributed by atoms with Crippen molar-refractivity contribution < 1.29 is 4.39 Å². The van der Waals surface area contributed by atoms with Gasteiger partial charge in [0.1, 0.15) is 5.82 Å². The van der Waals surface area contributed by atoms with Crippen LogP contribution in [0.25, 0.3) is 0 Å². The van der Waals surface area contributed by atoms with Crippen LogP contribution in [0.1, 0.15) is 48.8 Å². The van der Waals surface area contributed by atoms with Crippen molar-refractivity contribution in [3.63, 3.8) is 0 Å². The quantitative estimate of drug-likeness (QED) is 0.862. The summed E-state index contributed by atoms with van der Waals surface area (Å²) in [7, 11) is 0. The van der Waals surface area contributed by atoms with Gasteiger partial charge in [0.15, 0.2) is 0 Å². The molecule has 1 aromatic rings. The minimum absolute atomic E-state index is 0.0337. The first kappa shape index (κ1) is 14.0. The van der Waals surface area contributed by atoms with Crippen LogP contribution >= 0.6 is 15.9 Å². The van der Waals surface area contributed by atoms with Crippen molar-refractivity contribution in [1.29, 1.82) is 0 Å². The highest BCUT2D eigenvalue weighted by Crippen LogP contribution is 2.44. The van der Waals surface area contributed by atoms with Crippen LogP contribution < -0.4 is 5.73 Å². The summed E-state index contributed by atoms with van der Waals surface area (Å²) in [5.41, 5.74) is 9.35. The smallest absolute Gasteiger partial charge is 0.137 e. The van der Waals surface area contributed by atoms with Gasteiger partial charge in [0.2, 0.25) is 0 Å². The van der Waals surface area contributed by atoms with E-state index in [1.807, 2.05) is 6.92 Å². The van der Waals surface area contributed by atoms with Gasteiger partial charge in [-0.25, -0.2) is 4.39 Å². The number of nitrogens with two attached hydrogens (primary N) is 1. The molecule has 1 fully saturated rings. The van der Waals surface area contributed by atoms with Crippen molar-refractivity contribution in [1.82, 2.24) is 0 Å². The van der Waals surface area contributed by atoms with Gasteiger partial charge in [-0.2, -0.15) is 0 Å². The molecule has 0 aromatic heterocycles. The number of halogens is 2. The Morgan fingerprint density at radius 3 is 2.44 bits per heavy atom. The Morgan fingerprint density at radius 1 is 1.28 bits per heavy atom. The van der Waals surface area contributed by atoms with E-state index < -0.39 is 0 Å². The highest BCUT2D eigenvalue weighted by molar-refractivity contribution is 9.10. The molecule has 0 saturated heterocycles. The summed E-state index contributed by atoms with van der Waals surface area (Å²) in [6.07, 6.45) is 5.81. The molecule has 3 heteroatoms. The van der Waals surface area contributed by atoms with Gasteiger partial charge in [-0.15, -0.1) is 0 Å². The highest BCUT2D eigenvalue weighted by atomic mass is 79.9. The molecule has 0 spiro atoms. The summed E-state index contributed by atoms with van der Waals surface area (Å²) in [6, 6.07) is 1.61. The van der Waals surface area contributed by atoms with Gasteiger partial charge in [-0.1, -0.05) is 19.3 Å². The number of benzene rings is 1. The van der Waals surface area contributed by atoms with Crippen molar-refractivity contribution in [2.75, 3.05) is 6.54 Å². The van der Waals surface area contributed by atoms with E-state index in [2.05, 4.69) is 22.9 Å². The third kappa shape index (κ3) is 2.23. The molecule has 0 atom stereocenters. The minimum atomic E-state index is -0.161. The molecule has 18 heavy (non-hydrogen) atoms. The second-order valence-corrected chi connectivity index (χ2v) is 6.33. The van der Waals surface area contributed by atoms with E-state index in [0.29, 0.717) is 11.0 Å². The van der Waals surface area contributed by atoms with Crippen LogP contribution in [0, 0.1) is 19.7 Å². The maximum Gasteiger partial charge on any atom is 0.137 e. The van der Waals surface area contributed by atoms with Crippen LogP contribution in [0.2, 0.25) is 0 Å². The van der Waals surface area contributed by atoms with Crippen LogP contribution in [0.3, 0.4) is 0 Å². The maximum absolute atomic E-state index is 14.0. The molecule has 0 radical (unpaired) electrons. The van der Waals surface area contributed by atoms with Crippen molar-refractivity contribution in [3.05, 3.63) is 33.0 Å². The lowest BCUT2D eigenvalue weighted by molar-refractivity contribution is 0.297.